The van der Waals surface area contributed by atoms with E-state index in [4.69, 9.17) is 9.26 Å². The van der Waals surface area contributed by atoms with E-state index >= 15 is 0 Å². The van der Waals surface area contributed by atoms with Gasteiger partial charge in [-0.05, 0) is 12.5 Å². The summed E-state index contributed by atoms with van der Waals surface area (Å²) >= 11 is 1.92. The average Bonchev–Trinajstić information content (AvgIpc) is 3.01. The first-order chi connectivity index (χ1) is 11.2. The first kappa shape index (κ1) is 16.1. The van der Waals surface area contributed by atoms with Crippen LogP contribution in [0.2, 0.25) is 0 Å². The molecule has 1 aliphatic heterocycles. The van der Waals surface area contributed by atoms with Crippen LogP contribution in [0.25, 0.3) is 0 Å². The summed E-state index contributed by atoms with van der Waals surface area (Å²) in [5, 5.41) is 3.81. The third-order valence-electron chi connectivity index (χ3n) is 3.78. The number of nitrogens with zero attached hydrogens (tertiary/aromatic N) is 2. The Morgan fingerprint density at radius 3 is 2.74 bits per heavy atom. The van der Waals surface area contributed by atoms with Crippen molar-refractivity contribution in [1.82, 2.24) is 10.1 Å². The van der Waals surface area contributed by atoms with Crippen molar-refractivity contribution in [1.29, 1.82) is 0 Å². The van der Waals surface area contributed by atoms with Gasteiger partial charge in [-0.15, -0.1) is 0 Å². The summed E-state index contributed by atoms with van der Waals surface area (Å²) in [6, 6.07) is 11.2. The molecular formula is C17H20N2O3S. The van der Waals surface area contributed by atoms with Gasteiger partial charge in [0.05, 0.1) is 5.69 Å². The third kappa shape index (κ3) is 4.14. The van der Waals surface area contributed by atoms with E-state index < -0.39 is 0 Å². The molecule has 6 heteroatoms. The molecule has 3 rings (SSSR count). The van der Waals surface area contributed by atoms with E-state index in [9.17, 15) is 4.79 Å². The standard InChI is InChI=1S/C17H20N2O3S/c1-13-11-15(22-18-13)12-21-17(20)16(14-5-3-2-4-6-14)19-7-9-23-10-8-19/h2-6,11,16H,7-10,12H2,1H3. The zero-order valence-electron chi connectivity index (χ0n) is 13.1. The topological polar surface area (TPSA) is 55.6 Å². The molecule has 1 fully saturated rings. The van der Waals surface area contributed by atoms with E-state index in [1.165, 1.54) is 0 Å². The van der Waals surface area contributed by atoms with Gasteiger partial charge in [-0.2, -0.15) is 11.8 Å². The number of aryl methyl sites for hydroxylation is 1. The predicted molar refractivity (Wildman–Crippen MR) is 89.1 cm³/mol. The van der Waals surface area contributed by atoms with E-state index in [1.807, 2.05) is 49.0 Å². The zero-order valence-corrected chi connectivity index (χ0v) is 13.9. The van der Waals surface area contributed by atoms with Crippen molar-refractivity contribution in [3.63, 3.8) is 0 Å². The molecule has 1 aromatic carbocycles. The van der Waals surface area contributed by atoms with E-state index in [0.717, 1.165) is 35.9 Å². The van der Waals surface area contributed by atoms with Crippen LogP contribution < -0.4 is 0 Å². The number of rotatable bonds is 5. The van der Waals surface area contributed by atoms with Crippen LogP contribution >= 0.6 is 11.8 Å². The molecule has 122 valence electrons. The van der Waals surface area contributed by atoms with Crippen molar-refractivity contribution in [2.75, 3.05) is 24.6 Å². The maximum atomic E-state index is 12.7. The maximum Gasteiger partial charge on any atom is 0.328 e. The Balaban J connectivity index is 1.72. The highest BCUT2D eigenvalue weighted by Crippen LogP contribution is 2.26. The van der Waals surface area contributed by atoms with Gasteiger partial charge in [0.2, 0.25) is 0 Å². The van der Waals surface area contributed by atoms with Crippen molar-refractivity contribution in [3.8, 4) is 0 Å². The lowest BCUT2D eigenvalue weighted by molar-refractivity contribution is -0.152. The molecule has 23 heavy (non-hydrogen) atoms. The monoisotopic (exact) mass is 332 g/mol. The van der Waals surface area contributed by atoms with Crippen LogP contribution in [-0.2, 0) is 16.1 Å². The minimum Gasteiger partial charge on any atom is -0.456 e. The smallest absolute Gasteiger partial charge is 0.328 e. The molecule has 0 N–H and O–H groups in total. The molecule has 2 heterocycles. The number of thioether (sulfide) groups is 1. The number of esters is 1. The lowest BCUT2D eigenvalue weighted by atomic mass is 10.1. The number of carbonyl (C=O) groups excluding carboxylic acids is 1. The molecule has 1 saturated heterocycles. The van der Waals surface area contributed by atoms with Crippen molar-refractivity contribution < 1.29 is 14.1 Å². The Morgan fingerprint density at radius 2 is 2.09 bits per heavy atom. The zero-order chi connectivity index (χ0) is 16.1. The fraction of sp³-hybridized carbons (Fsp3) is 0.412. The number of benzene rings is 1. The molecule has 0 amide bonds. The Morgan fingerprint density at radius 1 is 1.35 bits per heavy atom. The summed E-state index contributed by atoms with van der Waals surface area (Å²) in [7, 11) is 0. The summed E-state index contributed by atoms with van der Waals surface area (Å²) in [5.74, 6) is 2.41. The van der Waals surface area contributed by atoms with Gasteiger partial charge in [0.1, 0.15) is 6.04 Å². The highest BCUT2D eigenvalue weighted by molar-refractivity contribution is 7.99. The lowest BCUT2D eigenvalue weighted by Gasteiger charge is -2.32. The van der Waals surface area contributed by atoms with Gasteiger partial charge in [-0.3, -0.25) is 4.90 Å². The second kappa shape index (κ2) is 7.66. The molecule has 1 aromatic heterocycles. The van der Waals surface area contributed by atoms with E-state index in [-0.39, 0.29) is 18.6 Å². The van der Waals surface area contributed by atoms with Crippen molar-refractivity contribution in [3.05, 3.63) is 53.4 Å². The Labute approximate surface area is 140 Å². The third-order valence-corrected chi connectivity index (χ3v) is 4.73. The van der Waals surface area contributed by atoms with Gasteiger partial charge >= 0.3 is 5.97 Å². The van der Waals surface area contributed by atoms with Gasteiger partial charge < -0.3 is 9.26 Å². The van der Waals surface area contributed by atoms with Gasteiger partial charge in [0, 0.05) is 30.7 Å². The molecule has 0 aliphatic carbocycles. The number of hydrogen-bond acceptors (Lipinski definition) is 6. The Hall–Kier alpha value is -1.79. The highest BCUT2D eigenvalue weighted by Gasteiger charge is 2.30. The Kier molecular flexibility index (Phi) is 5.35. The van der Waals surface area contributed by atoms with Gasteiger partial charge in [-0.25, -0.2) is 4.79 Å². The summed E-state index contributed by atoms with van der Waals surface area (Å²) < 4.78 is 10.6. The normalized spacial score (nSPS) is 16.9. The number of ether oxygens (including phenoxy) is 1. The molecule has 2 aromatic rings. The molecule has 0 saturated carbocycles. The molecule has 1 aliphatic rings. The summed E-state index contributed by atoms with van der Waals surface area (Å²) in [4.78, 5) is 14.9. The highest BCUT2D eigenvalue weighted by atomic mass is 32.2. The summed E-state index contributed by atoms with van der Waals surface area (Å²) in [6.45, 7) is 3.74. The van der Waals surface area contributed by atoms with Crippen LogP contribution in [0.3, 0.4) is 0 Å². The fourth-order valence-corrected chi connectivity index (χ4v) is 3.60. The first-order valence-corrected chi connectivity index (χ1v) is 8.85. The van der Waals surface area contributed by atoms with E-state index in [1.54, 1.807) is 6.07 Å². The number of hydrogen-bond donors (Lipinski definition) is 0. The van der Waals surface area contributed by atoms with Crippen molar-refractivity contribution in [2.45, 2.75) is 19.6 Å². The quantitative estimate of drug-likeness (QED) is 0.785. The second-order valence-electron chi connectivity index (χ2n) is 5.50. The Bertz CT molecular complexity index is 638. The summed E-state index contributed by atoms with van der Waals surface area (Å²) in [5.41, 5.74) is 1.75. The number of carbonyl (C=O) groups is 1. The van der Waals surface area contributed by atoms with Crippen LogP contribution in [0.15, 0.2) is 40.9 Å². The molecular weight excluding hydrogens is 312 g/mol. The molecule has 0 radical (unpaired) electrons. The van der Waals surface area contributed by atoms with Gasteiger partial charge in [0.15, 0.2) is 12.4 Å². The SMILES string of the molecule is Cc1cc(COC(=O)C(c2ccccc2)N2CCSCC2)on1. The molecule has 0 bridgehead atoms. The van der Waals surface area contributed by atoms with Crippen LogP contribution in [0.5, 0.6) is 0 Å². The van der Waals surface area contributed by atoms with Gasteiger partial charge in [-0.1, -0.05) is 35.5 Å². The largest absolute Gasteiger partial charge is 0.456 e. The van der Waals surface area contributed by atoms with Crippen molar-refractivity contribution in [2.24, 2.45) is 0 Å². The number of aromatic nitrogens is 1. The van der Waals surface area contributed by atoms with Gasteiger partial charge in [0.25, 0.3) is 0 Å². The minimum absolute atomic E-state index is 0.117. The minimum atomic E-state index is -0.360. The van der Waals surface area contributed by atoms with Crippen LogP contribution in [0, 0.1) is 6.92 Å². The fourth-order valence-electron chi connectivity index (χ4n) is 2.67. The lowest BCUT2D eigenvalue weighted by Crippen LogP contribution is -2.40. The molecule has 0 spiro atoms. The first-order valence-electron chi connectivity index (χ1n) is 7.69. The summed E-state index contributed by atoms with van der Waals surface area (Å²) in [6.07, 6.45) is 0. The predicted octanol–water partition coefficient (Wildman–Crippen LogP) is 2.82. The van der Waals surface area contributed by atoms with E-state index in [2.05, 4.69) is 10.1 Å². The van der Waals surface area contributed by atoms with Crippen LogP contribution in [-0.4, -0.2) is 40.6 Å². The molecule has 1 atom stereocenters. The van der Waals surface area contributed by atoms with Crippen LogP contribution in [0.1, 0.15) is 23.1 Å². The average molecular weight is 332 g/mol. The van der Waals surface area contributed by atoms with E-state index in [0.29, 0.717) is 5.76 Å². The van der Waals surface area contributed by atoms with Crippen LogP contribution in [0.4, 0.5) is 0 Å². The maximum absolute atomic E-state index is 12.7. The van der Waals surface area contributed by atoms with Crippen molar-refractivity contribution >= 4 is 17.7 Å². The second-order valence-corrected chi connectivity index (χ2v) is 6.73. The molecule has 1 unspecified atom stereocenters. The molecule has 5 nitrogen and oxygen atoms in total.